The maximum absolute atomic E-state index is 13.2. The molecule has 0 saturated heterocycles. The third kappa shape index (κ3) is 3.83. The molecule has 0 aliphatic rings. The van der Waals surface area contributed by atoms with Crippen molar-refractivity contribution < 1.29 is 43.4 Å². The summed E-state index contributed by atoms with van der Waals surface area (Å²) in [6, 6.07) is 0. The molecule has 1 unspecified atom stereocenters. The van der Waals surface area contributed by atoms with Crippen LogP contribution >= 0.6 is 0 Å². The predicted octanol–water partition coefficient (Wildman–Crippen LogP) is 2.35. The first kappa shape index (κ1) is 17.2. The zero-order valence-electron chi connectivity index (χ0n) is 8.48. The van der Waals surface area contributed by atoms with Crippen molar-refractivity contribution in [2.75, 3.05) is 12.4 Å². The highest BCUT2D eigenvalue weighted by Gasteiger charge is 2.71. The molecule has 0 rings (SSSR count). The smallest absolute Gasteiger partial charge is 0.333 e. The summed E-state index contributed by atoms with van der Waals surface area (Å²) in [5.74, 6) is -12.3. The van der Waals surface area contributed by atoms with Crippen molar-refractivity contribution in [1.82, 2.24) is 0 Å². The Morgan fingerprint density at radius 3 is 1.83 bits per heavy atom. The normalized spacial score (nSPS) is 17.3. The molecule has 0 radical (unpaired) electrons. The minimum atomic E-state index is -6.16. The molecule has 0 saturated carbocycles. The van der Waals surface area contributed by atoms with Gasteiger partial charge >= 0.3 is 28.2 Å². The van der Waals surface area contributed by atoms with Crippen molar-refractivity contribution in [3.63, 3.8) is 0 Å². The van der Waals surface area contributed by atoms with E-state index in [0.717, 1.165) is 0 Å². The van der Waals surface area contributed by atoms with Gasteiger partial charge in [0.2, 0.25) is 0 Å². The lowest BCUT2D eigenvalue weighted by molar-refractivity contribution is -0.387. The number of rotatable bonds is 6. The fraction of sp³-hybridized carbons (Fsp3) is 0.714. The van der Waals surface area contributed by atoms with Gasteiger partial charge in [-0.25, -0.2) is 0 Å². The van der Waals surface area contributed by atoms with Gasteiger partial charge in [-0.15, -0.1) is 3.89 Å². The molecular weight excluding hydrogens is 297 g/mol. The first-order valence-electron chi connectivity index (χ1n) is 4.10. The lowest BCUT2D eigenvalue weighted by Gasteiger charge is -2.32. The Hall–Kier alpha value is -0.840. The van der Waals surface area contributed by atoms with Gasteiger partial charge in [-0.1, -0.05) is 6.58 Å². The maximum atomic E-state index is 13.2. The number of halogens is 7. The second-order valence-electron chi connectivity index (χ2n) is 3.01. The summed E-state index contributed by atoms with van der Waals surface area (Å²) in [7, 11) is -5.27. The lowest BCUT2D eigenvalue weighted by Crippen LogP contribution is -2.56. The number of alkyl halides is 6. The van der Waals surface area contributed by atoms with Crippen LogP contribution in [-0.2, 0) is 15.0 Å². The summed E-state index contributed by atoms with van der Waals surface area (Å²) < 4.78 is 110. The Labute approximate surface area is 97.4 Å². The molecule has 0 fully saturated rings. The summed E-state index contributed by atoms with van der Waals surface area (Å²) >= 11 is 0. The molecule has 18 heavy (non-hydrogen) atoms. The molecular formula is C7H7F7O3S. The van der Waals surface area contributed by atoms with Crippen molar-refractivity contribution in [2.45, 2.75) is 18.0 Å². The molecule has 0 N–H and O–H groups in total. The fourth-order valence-corrected chi connectivity index (χ4v) is 1.06. The summed E-state index contributed by atoms with van der Waals surface area (Å²) in [6.07, 6.45) is -6.81. The van der Waals surface area contributed by atoms with Crippen LogP contribution in [0.4, 0.5) is 30.2 Å². The van der Waals surface area contributed by atoms with E-state index in [2.05, 4.69) is 11.3 Å². The number of ether oxygens (including phenoxy) is 1. The van der Waals surface area contributed by atoms with Crippen LogP contribution in [0.15, 0.2) is 12.7 Å². The highest BCUT2D eigenvalue weighted by molar-refractivity contribution is 7.86. The average molecular weight is 304 g/mol. The second kappa shape index (κ2) is 5.03. The van der Waals surface area contributed by atoms with Crippen LogP contribution in [0.2, 0.25) is 0 Å². The molecule has 0 aromatic heterocycles. The van der Waals surface area contributed by atoms with Crippen molar-refractivity contribution in [2.24, 2.45) is 0 Å². The van der Waals surface area contributed by atoms with E-state index in [9.17, 15) is 38.6 Å². The van der Waals surface area contributed by atoms with Gasteiger partial charge in [-0.3, -0.25) is 0 Å². The highest BCUT2D eigenvalue weighted by atomic mass is 32.3. The van der Waals surface area contributed by atoms with Crippen molar-refractivity contribution in [1.29, 1.82) is 0 Å². The van der Waals surface area contributed by atoms with Gasteiger partial charge in [0.25, 0.3) is 0 Å². The van der Waals surface area contributed by atoms with Crippen molar-refractivity contribution in [3.8, 4) is 0 Å². The van der Waals surface area contributed by atoms with Crippen LogP contribution in [0.3, 0.4) is 0 Å². The van der Waals surface area contributed by atoms with E-state index < -0.39 is 46.6 Å². The summed E-state index contributed by atoms with van der Waals surface area (Å²) in [5.41, 5.74) is 0. The van der Waals surface area contributed by atoms with Gasteiger partial charge < -0.3 is 4.74 Å². The minimum absolute atomic E-state index is 0.648. The third-order valence-electron chi connectivity index (χ3n) is 1.68. The van der Waals surface area contributed by atoms with Crippen molar-refractivity contribution in [3.05, 3.63) is 12.7 Å². The van der Waals surface area contributed by atoms with Gasteiger partial charge in [0.05, 0.1) is 6.61 Å². The van der Waals surface area contributed by atoms with E-state index in [1.165, 1.54) is 0 Å². The molecule has 1 atom stereocenters. The quantitative estimate of drug-likeness (QED) is 0.430. The third-order valence-corrected chi connectivity index (χ3v) is 2.33. The molecule has 0 amide bonds. The van der Waals surface area contributed by atoms with Crippen LogP contribution in [0.1, 0.15) is 0 Å². The summed E-state index contributed by atoms with van der Waals surface area (Å²) in [6.45, 7) is 0.569. The van der Waals surface area contributed by atoms with E-state index in [0.29, 0.717) is 0 Å². The minimum Gasteiger partial charge on any atom is -0.333 e. The predicted molar refractivity (Wildman–Crippen MR) is 45.9 cm³/mol. The Kier molecular flexibility index (Phi) is 4.80. The molecule has 108 valence electrons. The van der Waals surface area contributed by atoms with Gasteiger partial charge in [0, 0.05) is 0 Å². The van der Waals surface area contributed by atoms with Gasteiger partial charge in [-0.05, 0) is 6.08 Å². The van der Waals surface area contributed by atoms with Crippen LogP contribution in [0.5, 0.6) is 0 Å². The first-order chi connectivity index (χ1) is 7.77. The Morgan fingerprint density at radius 2 is 1.56 bits per heavy atom. The SMILES string of the molecule is C=CC(F)(F)C(F)(OCCS(=O)(=O)F)C(F)(F)F. The topological polar surface area (TPSA) is 43.4 Å². The van der Waals surface area contributed by atoms with Crippen LogP contribution in [0, 0.1) is 0 Å². The Bertz CT molecular complexity index is 402. The van der Waals surface area contributed by atoms with Crippen LogP contribution in [-0.4, -0.2) is 38.7 Å². The average Bonchev–Trinajstić information content (AvgIpc) is 2.13. The molecule has 11 heteroatoms. The zero-order chi connectivity index (χ0) is 14.8. The summed E-state index contributed by atoms with van der Waals surface area (Å²) in [4.78, 5) is 0. The molecule has 0 bridgehead atoms. The highest BCUT2D eigenvalue weighted by Crippen LogP contribution is 2.46. The van der Waals surface area contributed by atoms with E-state index in [1.54, 1.807) is 0 Å². The van der Waals surface area contributed by atoms with E-state index >= 15 is 0 Å². The number of hydrogen-bond donors (Lipinski definition) is 0. The lowest BCUT2D eigenvalue weighted by atomic mass is 10.1. The molecule has 0 aliphatic carbocycles. The molecule has 0 aromatic rings. The maximum Gasteiger partial charge on any atom is 0.455 e. The summed E-state index contributed by atoms with van der Waals surface area (Å²) in [5, 5.41) is 0. The van der Waals surface area contributed by atoms with Gasteiger partial charge in [0.15, 0.2) is 0 Å². The van der Waals surface area contributed by atoms with Crippen LogP contribution in [0.25, 0.3) is 0 Å². The fourth-order valence-electron chi connectivity index (χ4n) is 0.780. The van der Waals surface area contributed by atoms with Crippen LogP contribution < -0.4 is 0 Å². The molecule has 0 aromatic carbocycles. The first-order valence-corrected chi connectivity index (χ1v) is 5.65. The van der Waals surface area contributed by atoms with Gasteiger partial charge in [-0.2, -0.15) is 34.8 Å². The standard InChI is InChI=1S/C7H7F7O3S/c1-2-5(8,9)6(10,7(11,12)13)17-3-4-18(14,15)16/h2H,1,3-4H2. The second-order valence-corrected chi connectivity index (χ2v) is 4.50. The molecule has 3 nitrogen and oxygen atoms in total. The molecule has 0 aliphatic heterocycles. The largest absolute Gasteiger partial charge is 0.455 e. The monoisotopic (exact) mass is 304 g/mol. The molecule has 0 spiro atoms. The Morgan fingerprint density at radius 1 is 1.11 bits per heavy atom. The number of hydrogen-bond acceptors (Lipinski definition) is 3. The molecule has 0 heterocycles. The zero-order valence-corrected chi connectivity index (χ0v) is 9.29. The van der Waals surface area contributed by atoms with Crippen molar-refractivity contribution >= 4 is 10.2 Å². The van der Waals surface area contributed by atoms with E-state index in [-0.39, 0.29) is 0 Å². The van der Waals surface area contributed by atoms with E-state index in [1.807, 2.05) is 0 Å². The van der Waals surface area contributed by atoms with Gasteiger partial charge in [0.1, 0.15) is 5.75 Å². The van der Waals surface area contributed by atoms with E-state index in [4.69, 9.17) is 0 Å². The Balaban J connectivity index is 5.11.